The molecule has 2 aromatic carbocycles. The molecule has 1 aromatic heterocycles. The first-order chi connectivity index (χ1) is 15.7. The molecular formula is C25H29N5O2. The minimum Gasteiger partial charge on any atom is -0.463 e. The third-order valence-corrected chi connectivity index (χ3v) is 5.10. The van der Waals surface area contributed by atoms with Crippen LogP contribution >= 0.6 is 0 Å². The van der Waals surface area contributed by atoms with Crippen LogP contribution in [0.4, 0.5) is 0 Å². The van der Waals surface area contributed by atoms with Gasteiger partial charge in [0.15, 0.2) is 0 Å². The molecule has 0 radical (unpaired) electrons. The maximum absolute atomic E-state index is 11.5. The molecule has 0 aliphatic carbocycles. The first-order valence-electron chi connectivity index (χ1n) is 11.0. The lowest BCUT2D eigenvalue weighted by atomic mass is 10.1. The topological polar surface area (TPSA) is 84.0 Å². The molecule has 0 spiro atoms. The van der Waals surface area contributed by atoms with Crippen molar-refractivity contribution in [3.05, 3.63) is 72.3 Å². The smallest absolute Gasteiger partial charge is 0.330 e. The molecule has 7 nitrogen and oxygen atoms in total. The lowest BCUT2D eigenvalue weighted by Gasteiger charge is -2.30. The Morgan fingerprint density at radius 3 is 2.50 bits per heavy atom. The second-order valence-electron chi connectivity index (χ2n) is 7.44. The molecule has 1 heterocycles. The number of nitrogens with zero attached hydrogens (tertiary/aromatic N) is 5. The maximum atomic E-state index is 11.5. The molecule has 0 bridgehead atoms. The fraction of sp³-hybridized carbons (Fsp3) is 0.360. The largest absolute Gasteiger partial charge is 0.463 e. The van der Waals surface area contributed by atoms with Gasteiger partial charge in [-0.05, 0) is 43.9 Å². The van der Waals surface area contributed by atoms with E-state index in [1.807, 2.05) is 48.5 Å². The number of hydrogen-bond donors (Lipinski definition) is 0. The van der Waals surface area contributed by atoms with E-state index in [4.69, 9.17) is 14.9 Å². The third kappa shape index (κ3) is 6.76. The van der Waals surface area contributed by atoms with Crippen molar-refractivity contribution in [2.75, 3.05) is 13.2 Å². The quantitative estimate of drug-likeness (QED) is 0.236. The zero-order chi connectivity index (χ0) is 22.6. The van der Waals surface area contributed by atoms with E-state index in [1.165, 1.54) is 11.6 Å². The van der Waals surface area contributed by atoms with Crippen LogP contribution in [0.5, 0.6) is 0 Å². The Morgan fingerprint density at radius 1 is 1.16 bits per heavy atom. The first kappa shape index (κ1) is 23.2. The molecule has 3 rings (SSSR count). The molecular weight excluding hydrogens is 402 g/mol. The van der Waals surface area contributed by atoms with Crippen molar-refractivity contribution in [2.45, 2.75) is 45.3 Å². The fourth-order valence-electron chi connectivity index (χ4n) is 3.59. The minimum atomic E-state index is -0.316. The van der Waals surface area contributed by atoms with E-state index >= 15 is 0 Å². The standard InChI is InChI=1S/C25H29N5O2/c1-2-32-25(31)17-8-4-7-16-24(30-27-22-14-9-10-15-23(22)28-30)29(19-11-18-26)20-21-12-5-3-6-13-21/h3,5-6,8-10,12-15,17,24H,2,4,7,11,16,19-20H2,1H3/b17-8+. The summed E-state index contributed by atoms with van der Waals surface area (Å²) in [6.07, 6.45) is 6.02. The molecule has 166 valence electrons. The third-order valence-electron chi connectivity index (χ3n) is 5.10. The van der Waals surface area contributed by atoms with E-state index < -0.39 is 0 Å². The Hall–Kier alpha value is -3.50. The molecule has 1 unspecified atom stereocenters. The number of benzene rings is 2. The average Bonchev–Trinajstić information content (AvgIpc) is 3.24. The van der Waals surface area contributed by atoms with Gasteiger partial charge in [0.1, 0.15) is 17.2 Å². The summed E-state index contributed by atoms with van der Waals surface area (Å²) in [6, 6.07) is 20.3. The number of carbonyl (C=O) groups is 1. The van der Waals surface area contributed by atoms with Crippen LogP contribution in [0, 0.1) is 11.3 Å². The van der Waals surface area contributed by atoms with Gasteiger partial charge >= 0.3 is 5.97 Å². The van der Waals surface area contributed by atoms with Crippen LogP contribution < -0.4 is 0 Å². The van der Waals surface area contributed by atoms with Gasteiger partial charge in [-0.15, -0.1) is 0 Å². The van der Waals surface area contributed by atoms with Crippen LogP contribution in [-0.4, -0.2) is 39.0 Å². The van der Waals surface area contributed by atoms with Crippen LogP contribution in [-0.2, 0) is 16.1 Å². The number of nitriles is 1. The lowest BCUT2D eigenvalue weighted by molar-refractivity contribution is -0.137. The fourth-order valence-corrected chi connectivity index (χ4v) is 3.59. The molecule has 0 saturated heterocycles. The lowest BCUT2D eigenvalue weighted by Crippen LogP contribution is -2.34. The van der Waals surface area contributed by atoms with E-state index in [-0.39, 0.29) is 12.1 Å². The highest BCUT2D eigenvalue weighted by Crippen LogP contribution is 2.23. The molecule has 0 N–H and O–H groups in total. The minimum absolute atomic E-state index is 0.105. The number of fused-ring (bicyclic) bond motifs is 1. The number of unbranched alkanes of at least 4 members (excludes halogenated alkanes) is 1. The van der Waals surface area contributed by atoms with Crippen molar-refractivity contribution >= 4 is 17.0 Å². The van der Waals surface area contributed by atoms with Crippen LogP contribution in [0.3, 0.4) is 0 Å². The zero-order valence-electron chi connectivity index (χ0n) is 18.4. The molecule has 0 saturated carbocycles. The average molecular weight is 432 g/mol. The van der Waals surface area contributed by atoms with Crippen molar-refractivity contribution < 1.29 is 9.53 Å². The van der Waals surface area contributed by atoms with Gasteiger partial charge in [-0.1, -0.05) is 48.5 Å². The highest BCUT2D eigenvalue weighted by molar-refractivity contribution is 5.81. The molecule has 0 fully saturated rings. The van der Waals surface area contributed by atoms with Crippen molar-refractivity contribution in [2.24, 2.45) is 0 Å². The van der Waals surface area contributed by atoms with Crippen LogP contribution in [0.25, 0.3) is 11.0 Å². The predicted octanol–water partition coefficient (Wildman–Crippen LogP) is 4.64. The Bertz CT molecular complexity index is 1020. The van der Waals surface area contributed by atoms with Crippen LogP contribution in [0.15, 0.2) is 66.7 Å². The summed E-state index contributed by atoms with van der Waals surface area (Å²) >= 11 is 0. The Morgan fingerprint density at radius 2 is 1.84 bits per heavy atom. The van der Waals surface area contributed by atoms with Gasteiger partial charge in [-0.3, -0.25) is 4.90 Å². The molecule has 32 heavy (non-hydrogen) atoms. The number of rotatable bonds is 12. The number of esters is 1. The summed E-state index contributed by atoms with van der Waals surface area (Å²) in [7, 11) is 0. The molecule has 0 aliphatic rings. The highest BCUT2D eigenvalue weighted by atomic mass is 16.5. The summed E-state index contributed by atoms with van der Waals surface area (Å²) in [4.78, 5) is 15.6. The van der Waals surface area contributed by atoms with Gasteiger partial charge in [-0.25, -0.2) is 4.79 Å². The molecule has 3 aromatic rings. The SMILES string of the molecule is CCOC(=O)/C=C/CCCC(N(CCC#N)Cc1ccccc1)n1nc2ccccc2n1. The number of carbonyl (C=O) groups excluding carboxylic acids is 1. The Kier molecular flexibility index (Phi) is 8.96. The van der Waals surface area contributed by atoms with Gasteiger partial charge in [0.2, 0.25) is 0 Å². The van der Waals surface area contributed by atoms with E-state index in [9.17, 15) is 10.1 Å². The van der Waals surface area contributed by atoms with Crippen LogP contribution in [0.1, 0.15) is 44.3 Å². The first-order valence-corrected chi connectivity index (χ1v) is 11.0. The normalized spacial score (nSPS) is 12.3. The molecule has 1 atom stereocenters. The van der Waals surface area contributed by atoms with Crippen LogP contribution in [0.2, 0.25) is 0 Å². The monoisotopic (exact) mass is 431 g/mol. The summed E-state index contributed by atoms with van der Waals surface area (Å²) in [5.41, 5.74) is 2.87. The number of ether oxygens (including phenoxy) is 1. The van der Waals surface area contributed by atoms with Gasteiger partial charge < -0.3 is 4.74 Å². The Labute approximate surface area is 188 Å². The van der Waals surface area contributed by atoms with Gasteiger partial charge in [0, 0.05) is 25.6 Å². The van der Waals surface area contributed by atoms with Crippen molar-refractivity contribution in [1.29, 1.82) is 5.26 Å². The highest BCUT2D eigenvalue weighted by Gasteiger charge is 2.22. The van der Waals surface area contributed by atoms with Crippen molar-refractivity contribution in [3.8, 4) is 6.07 Å². The van der Waals surface area contributed by atoms with Crippen molar-refractivity contribution in [3.63, 3.8) is 0 Å². The molecule has 7 heteroatoms. The number of hydrogen-bond acceptors (Lipinski definition) is 6. The van der Waals surface area contributed by atoms with E-state index in [2.05, 4.69) is 23.1 Å². The second kappa shape index (κ2) is 12.4. The zero-order valence-corrected chi connectivity index (χ0v) is 18.4. The maximum Gasteiger partial charge on any atom is 0.330 e. The predicted molar refractivity (Wildman–Crippen MR) is 123 cm³/mol. The van der Waals surface area contributed by atoms with E-state index in [0.717, 1.165) is 30.3 Å². The summed E-state index contributed by atoms with van der Waals surface area (Å²) in [5, 5.41) is 18.7. The number of allylic oxidation sites excluding steroid dienone is 1. The molecule has 0 aliphatic heterocycles. The van der Waals surface area contributed by atoms with E-state index in [1.54, 1.807) is 11.7 Å². The van der Waals surface area contributed by atoms with Crippen molar-refractivity contribution in [1.82, 2.24) is 19.9 Å². The van der Waals surface area contributed by atoms with Gasteiger partial charge in [0.05, 0.1) is 12.7 Å². The van der Waals surface area contributed by atoms with E-state index in [0.29, 0.717) is 26.1 Å². The van der Waals surface area contributed by atoms with Gasteiger partial charge in [0.25, 0.3) is 0 Å². The summed E-state index contributed by atoms with van der Waals surface area (Å²) < 4.78 is 4.93. The summed E-state index contributed by atoms with van der Waals surface area (Å²) in [6.45, 7) is 3.48. The second-order valence-corrected chi connectivity index (χ2v) is 7.44. The van der Waals surface area contributed by atoms with Gasteiger partial charge in [-0.2, -0.15) is 20.3 Å². The molecule has 0 amide bonds. The summed E-state index contributed by atoms with van der Waals surface area (Å²) in [5.74, 6) is -0.316. The number of aromatic nitrogens is 3. The Balaban J connectivity index is 1.80.